The van der Waals surface area contributed by atoms with Gasteiger partial charge in [-0.1, -0.05) is 36.7 Å². The Morgan fingerprint density at radius 1 is 1.12 bits per heavy atom. The van der Waals surface area contributed by atoms with Crippen LogP contribution >= 0.6 is 11.6 Å². The van der Waals surface area contributed by atoms with Crippen molar-refractivity contribution in [3.8, 4) is 11.5 Å². The first-order valence-electron chi connectivity index (χ1n) is 8.02. The molecule has 0 amide bonds. The average molecular weight is 368 g/mol. The van der Waals surface area contributed by atoms with Crippen LogP contribution < -0.4 is 14.8 Å². The van der Waals surface area contributed by atoms with E-state index in [9.17, 15) is 9.50 Å². The van der Waals surface area contributed by atoms with Gasteiger partial charge < -0.3 is 19.9 Å². The van der Waals surface area contributed by atoms with Gasteiger partial charge in [-0.15, -0.1) is 0 Å². The summed E-state index contributed by atoms with van der Waals surface area (Å²) < 4.78 is 24.5. The van der Waals surface area contributed by atoms with Crippen molar-refractivity contribution in [1.82, 2.24) is 5.32 Å². The van der Waals surface area contributed by atoms with Gasteiger partial charge in [0.15, 0.2) is 11.5 Å². The first-order chi connectivity index (χ1) is 12.0. The average Bonchev–Trinajstić information content (AvgIpc) is 2.63. The fourth-order valence-electron chi connectivity index (χ4n) is 2.60. The Morgan fingerprint density at radius 2 is 1.84 bits per heavy atom. The van der Waals surface area contributed by atoms with Crippen LogP contribution in [0, 0.1) is 5.82 Å². The van der Waals surface area contributed by atoms with Gasteiger partial charge in [0.2, 0.25) is 0 Å². The van der Waals surface area contributed by atoms with Crippen LogP contribution in [0.25, 0.3) is 0 Å². The predicted molar refractivity (Wildman–Crippen MR) is 97.2 cm³/mol. The Kier molecular flexibility index (Phi) is 7.05. The molecule has 136 valence electrons. The fraction of sp³-hybridized carbons (Fsp3) is 0.368. The van der Waals surface area contributed by atoms with Crippen molar-refractivity contribution in [1.29, 1.82) is 0 Å². The summed E-state index contributed by atoms with van der Waals surface area (Å²) in [5.74, 6) is 0.953. The molecule has 0 aromatic heterocycles. The van der Waals surface area contributed by atoms with E-state index in [0.717, 1.165) is 5.56 Å². The van der Waals surface area contributed by atoms with E-state index in [-0.39, 0.29) is 23.0 Å². The quantitative estimate of drug-likeness (QED) is 0.742. The molecule has 0 heterocycles. The number of hydrogen-bond acceptors (Lipinski definition) is 4. The molecule has 2 rings (SSSR count). The van der Waals surface area contributed by atoms with E-state index < -0.39 is 11.9 Å². The molecule has 0 aliphatic carbocycles. The molecule has 0 bridgehead atoms. The van der Waals surface area contributed by atoms with Gasteiger partial charge in [0, 0.05) is 18.7 Å². The van der Waals surface area contributed by atoms with Crippen molar-refractivity contribution in [3.63, 3.8) is 0 Å². The van der Waals surface area contributed by atoms with Crippen LogP contribution in [-0.2, 0) is 0 Å². The Hall–Kier alpha value is -1.82. The molecule has 2 atom stereocenters. The molecule has 0 saturated carbocycles. The highest BCUT2D eigenvalue weighted by Gasteiger charge is 2.16. The third-order valence-electron chi connectivity index (χ3n) is 4.11. The van der Waals surface area contributed by atoms with Crippen LogP contribution in [0.1, 0.15) is 30.1 Å². The third-order valence-corrected chi connectivity index (χ3v) is 4.40. The largest absolute Gasteiger partial charge is 0.493 e. The number of hydrogen-bond donors (Lipinski definition) is 2. The molecular formula is C19H23ClFNO3. The second-order valence-electron chi connectivity index (χ2n) is 5.83. The van der Waals surface area contributed by atoms with Crippen LogP contribution in [0.15, 0.2) is 36.4 Å². The van der Waals surface area contributed by atoms with Gasteiger partial charge in [0.1, 0.15) is 5.82 Å². The molecule has 0 aliphatic heterocycles. The zero-order valence-corrected chi connectivity index (χ0v) is 15.3. The van der Waals surface area contributed by atoms with Crippen LogP contribution in [0.4, 0.5) is 4.39 Å². The first-order valence-corrected chi connectivity index (χ1v) is 8.40. The summed E-state index contributed by atoms with van der Waals surface area (Å²) in [6.07, 6.45) is -0.962. The second kappa shape index (κ2) is 9.04. The minimum Gasteiger partial charge on any atom is -0.493 e. The molecule has 1 unspecified atom stereocenters. The smallest absolute Gasteiger partial charge is 0.160 e. The molecule has 2 aromatic rings. The Bertz CT molecular complexity index is 711. The van der Waals surface area contributed by atoms with Crippen LogP contribution in [0.5, 0.6) is 11.5 Å². The molecule has 4 nitrogen and oxygen atoms in total. The number of rotatable bonds is 8. The van der Waals surface area contributed by atoms with Crippen LogP contribution in [0.2, 0.25) is 5.02 Å². The molecule has 2 aromatic carbocycles. The molecule has 25 heavy (non-hydrogen) atoms. The summed E-state index contributed by atoms with van der Waals surface area (Å²) in [4.78, 5) is 0. The van der Waals surface area contributed by atoms with Crippen molar-refractivity contribution in [2.75, 3.05) is 27.3 Å². The molecule has 0 fully saturated rings. The van der Waals surface area contributed by atoms with Gasteiger partial charge >= 0.3 is 0 Å². The maximum atomic E-state index is 13.9. The lowest BCUT2D eigenvalue weighted by atomic mass is 10.0. The standard InChI is InChI=1S/C19H23ClFNO3/c1-12(13-7-8-17(24-2)18(9-13)25-3)10-22-11-16(23)14-5-4-6-15(20)19(14)21/h4-9,12,16,22-23H,10-11H2,1-3H3/t12?,16-/m0/s1. The summed E-state index contributed by atoms with van der Waals surface area (Å²) in [5.41, 5.74) is 1.27. The Labute approximate surface area is 152 Å². The minimum absolute atomic E-state index is 0.00949. The lowest BCUT2D eigenvalue weighted by molar-refractivity contribution is 0.169. The number of benzene rings is 2. The van der Waals surface area contributed by atoms with Crippen molar-refractivity contribution >= 4 is 11.6 Å². The van der Waals surface area contributed by atoms with E-state index in [1.165, 1.54) is 12.1 Å². The topological polar surface area (TPSA) is 50.7 Å². The second-order valence-corrected chi connectivity index (χ2v) is 6.24. The molecule has 0 aliphatic rings. The summed E-state index contributed by atoms with van der Waals surface area (Å²) in [7, 11) is 3.19. The first kappa shape index (κ1) is 19.5. The van der Waals surface area contributed by atoms with Crippen molar-refractivity contribution < 1.29 is 19.0 Å². The zero-order chi connectivity index (χ0) is 18.4. The monoisotopic (exact) mass is 367 g/mol. The number of methoxy groups -OCH3 is 2. The summed E-state index contributed by atoms with van der Waals surface area (Å²) >= 11 is 5.75. The summed E-state index contributed by atoms with van der Waals surface area (Å²) in [6, 6.07) is 10.4. The Balaban J connectivity index is 1.94. The molecular weight excluding hydrogens is 345 g/mol. The fourth-order valence-corrected chi connectivity index (χ4v) is 2.78. The summed E-state index contributed by atoms with van der Waals surface area (Å²) in [6.45, 7) is 2.91. The van der Waals surface area contributed by atoms with Gasteiger partial charge in [-0.2, -0.15) is 0 Å². The number of aliphatic hydroxyl groups excluding tert-OH is 1. The lowest BCUT2D eigenvalue weighted by Crippen LogP contribution is -2.26. The van der Waals surface area contributed by atoms with Crippen molar-refractivity contribution in [2.24, 2.45) is 0 Å². The molecule has 0 radical (unpaired) electrons. The highest BCUT2D eigenvalue weighted by atomic mass is 35.5. The number of ether oxygens (including phenoxy) is 2. The van der Waals surface area contributed by atoms with E-state index in [1.54, 1.807) is 20.3 Å². The highest BCUT2D eigenvalue weighted by Crippen LogP contribution is 2.30. The van der Waals surface area contributed by atoms with Gasteiger partial charge in [-0.05, 0) is 29.7 Å². The van der Waals surface area contributed by atoms with E-state index in [1.807, 2.05) is 18.2 Å². The third kappa shape index (κ3) is 4.84. The molecule has 2 N–H and O–H groups in total. The maximum absolute atomic E-state index is 13.9. The summed E-state index contributed by atoms with van der Waals surface area (Å²) in [5, 5.41) is 13.3. The highest BCUT2D eigenvalue weighted by molar-refractivity contribution is 6.30. The van der Waals surface area contributed by atoms with Crippen LogP contribution in [-0.4, -0.2) is 32.4 Å². The maximum Gasteiger partial charge on any atom is 0.160 e. The van der Waals surface area contributed by atoms with Crippen molar-refractivity contribution in [3.05, 3.63) is 58.4 Å². The van der Waals surface area contributed by atoms with E-state index in [0.29, 0.717) is 18.0 Å². The van der Waals surface area contributed by atoms with E-state index >= 15 is 0 Å². The van der Waals surface area contributed by atoms with E-state index in [2.05, 4.69) is 12.2 Å². The lowest BCUT2D eigenvalue weighted by Gasteiger charge is -2.18. The Morgan fingerprint density at radius 3 is 2.52 bits per heavy atom. The van der Waals surface area contributed by atoms with Gasteiger partial charge in [-0.3, -0.25) is 0 Å². The van der Waals surface area contributed by atoms with Gasteiger partial charge in [0.25, 0.3) is 0 Å². The van der Waals surface area contributed by atoms with Crippen LogP contribution in [0.3, 0.4) is 0 Å². The molecule has 0 spiro atoms. The van der Waals surface area contributed by atoms with Crippen molar-refractivity contribution in [2.45, 2.75) is 18.9 Å². The number of aliphatic hydroxyl groups is 1. The molecule has 0 saturated heterocycles. The number of nitrogens with one attached hydrogen (secondary N) is 1. The minimum atomic E-state index is -0.962. The van der Waals surface area contributed by atoms with Gasteiger partial charge in [-0.25, -0.2) is 4.39 Å². The van der Waals surface area contributed by atoms with E-state index in [4.69, 9.17) is 21.1 Å². The SMILES string of the molecule is COc1ccc(C(C)CNC[C@H](O)c2cccc(Cl)c2F)cc1OC. The number of halogens is 2. The predicted octanol–water partition coefficient (Wildman–Crippen LogP) is 3.92. The van der Waals surface area contributed by atoms with Gasteiger partial charge in [0.05, 0.1) is 25.3 Å². The molecule has 6 heteroatoms. The zero-order valence-electron chi connectivity index (χ0n) is 14.6. The normalized spacial score (nSPS) is 13.4.